The Morgan fingerprint density at radius 2 is 2.06 bits per heavy atom. The first kappa shape index (κ1) is 14.2. The zero-order valence-electron chi connectivity index (χ0n) is 10.9. The van der Waals surface area contributed by atoms with Crippen molar-refractivity contribution in [1.82, 2.24) is 0 Å². The first-order valence-corrected chi connectivity index (χ1v) is 5.92. The van der Waals surface area contributed by atoms with E-state index in [2.05, 4.69) is 0 Å². The largest absolute Gasteiger partial charge is 0.496 e. The Hall–Kier alpha value is -1.84. The van der Waals surface area contributed by atoms with E-state index in [1.54, 1.807) is 32.2 Å². The van der Waals surface area contributed by atoms with Crippen molar-refractivity contribution in [3.8, 4) is 5.75 Å². The maximum atomic E-state index is 12.0. The molecule has 98 valence electrons. The minimum Gasteiger partial charge on any atom is -0.496 e. The highest BCUT2D eigenvalue weighted by molar-refractivity contribution is 5.99. The highest BCUT2D eigenvalue weighted by atomic mass is 16.5. The van der Waals surface area contributed by atoms with Gasteiger partial charge in [0.1, 0.15) is 5.75 Å². The van der Waals surface area contributed by atoms with Crippen LogP contribution in [0, 0.1) is 5.92 Å². The van der Waals surface area contributed by atoms with Gasteiger partial charge in [-0.3, -0.25) is 9.59 Å². The Morgan fingerprint density at radius 3 is 2.56 bits per heavy atom. The average molecular weight is 250 g/mol. The average Bonchev–Trinajstić information content (AvgIpc) is 2.36. The van der Waals surface area contributed by atoms with Crippen molar-refractivity contribution in [2.45, 2.75) is 26.7 Å². The van der Waals surface area contributed by atoms with E-state index in [-0.39, 0.29) is 12.2 Å². The summed E-state index contributed by atoms with van der Waals surface area (Å²) in [5.74, 6) is -0.865. The number of carbonyl (C=O) groups excluding carboxylic acids is 1. The van der Waals surface area contributed by atoms with Gasteiger partial charge in [0, 0.05) is 11.5 Å². The van der Waals surface area contributed by atoms with E-state index < -0.39 is 11.9 Å². The van der Waals surface area contributed by atoms with Gasteiger partial charge in [-0.05, 0) is 30.2 Å². The number of rotatable bonds is 6. The first-order chi connectivity index (χ1) is 8.49. The monoisotopic (exact) mass is 250 g/mol. The summed E-state index contributed by atoms with van der Waals surface area (Å²) < 4.78 is 5.19. The second kappa shape index (κ2) is 6.19. The van der Waals surface area contributed by atoms with E-state index in [0.717, 1.165) is 17.7 Å². The minimum atomic E-state index is -0.958. The van der Waals surface area contributed by atoms with Crippen LogP contribution in [0.2, 0.25) is 0 Å². The van der Waals surface area contributed by atoms with Gasteiger partial charge < -0.3 is 9.84 Å². The Labute approximate surface area is 107 Å². The molecule has 4 heteroatoms. The zero-order chi connectivity index (χ0) is 13.7. The summed E-state index contributed by atoms with van der Waals surface area (Å²) in [5.41, 5.74) is 1.49. The van der Waals surface area contributed by atoms with E-state index >= 15 is 0 Å². The second-order valence-corrected chi connectivity index (χ2v) is 4.24. The smallest absolute Gasteiger partial charge is 0.304 e. The number of methoxy groups -OCH3 is 1. The summed E-state index contributed by atoms with van der Waals surface area (Å²) in [6.45, 7) is 3.61. The third-order valence-corrected chi connectivity index (χ3v) is 2.87. The van der Waals surface area contributed by atoms with Gasteiger partial charge in [-0.25, -0.2) is 0 Å². The number of aliphatic carboxylic acids is 1. The molecule has 0 aliphatic carbocycles. The normalized spacial score (nSPS) is 11.9. The summed E-state index contributed by atoms with van der Waals surface area (Å²) in [6, 6.07) is 5.21. The van der Waals surface area contributed by atoms with Crippen LogP contribution >= 0.6 is 0 Å². The Morgan fingerprint density at radius 1 is 1.39 bits per heavy atom. The number of carboxylic acids is 1. The van der Waals surface area contributed by atoms with Crippen molar-refractivity contribution in [2.24, 2.45) is 5.92 Å². The fraction of sp³-hybridized carbons (Fsp3) is 0.429. The van der Waals surface area contributed by atoms with Crippen molar-refractivity contribution in [2.75, 3.05) is 7.11 Å². The van der Waals surface area contributed by atoms with E-state index in [1.807, 2.05) is 6.92 Å². The SMILES string of the molecule is CCc1cc(C(=O)C(C)CC(=O)O)ccc1OC. The van der Waals surface area contributed by atoms with Gasteiger partial charge in [0.25, 0.3) is 0 Å². The fourth-order valence-electron chi connectivity index (χ4n) is 1.85. The standard InChI is InChI=1S/C14H18O4/c1-4-10-8-11(5-6-12(10)18-3)14(17)9(2)7-13(15)16/h5-6,8-9H,4,7H2,1-3H3,(H,15,16). The van der Waals surface area contributed by atoms with Gasteiger partial charge >= 0.3 is 5.97 Å². The molecular formula is C14H18O4. The maximum absolute atomic E-state index is 12.0. The molecule has 4 nitrogen and oxygen atoms in total. The molecular weight excluding hydrogens is 232 g/mol. The Bertz CT molecular complexity index is 451. The lowest BCUT2D eigenvalue weighted by molar-refractivity contribution is -0.137. The molecule has 0 aliphatic heterocycles. The van der Waals surface area contributed by atoms with Gasteiger partial charge in [-0.15, -0.1) is 0 Å². The van der Waals surface area contributed by atoms with Crippen LogP contribution in [0.15, 0.2) is 18.2 Å². The van der Waals surface area contributed by atoms with Crippen LogP contribution in [0.4, 0.5) is 0 Å². The summed E-state index contributed by atoms with van der Waals surface area (Å²) in [5, 5.41) is 8.69. The summed E-state index contributed by atoms with van der Waals surface area (Å²) in [6.07, 6.45) is 0.615. The van der Waals surface area contributed by atoms with Gasteiger partial charge in [-0.1, -0.05) is 13.8 Å². The first-order valence-electron chi connectivity index (χ1n) is 5.92. The third kappa shape index (κ3) is 3.32. The molecule has 0 fully saturated rings. The van der Waals surface area contributed by atoms with Crippen LogP contribution in [0.5, 0.6) is 5.75 Å². The number of carbonyl (C=O) groups is 2. The van der Waals surface area contributed by atoms with Crippen LogP contribution in [0.1, 0.15) is 36.2 Å². The van der Waals surface area contributed by atoms with E-state index in [4.69, 9.17) is 9.84 Å². The van der Waals surface area contributed by atoms with Crippen LogP contribution in [-0.2, 0) is 11.2 Å². The summed E-state index contributed by atoms with van der Waals surface area (Å²) in [4.78, 5) is 22.6. The third-order valence-electron chi connectivity index (χ3n) is 2.87. The number of aryl methyl sites for hydroxylation is 1. The molecule has 0 amide bonds. The molecule has 1 rings (SSSR count). The van der Waals surface area contributed by atoms with Crippen LogP contribution < -0.4 is 4.74 Å². The fourth-order valence-corrected chi connectivity index (χ4v) is 1.85. The van der Waals surface area contributed by atoms with Crippen LogP contribution in [-0.4, -0.2) is 24.0 Å². The number of ketones is 1. The molecule has 0 spiro atoms. The Kier molecular flexibility index (Phi) is 4.89. The second-order valence-electron chi connectivity index (χ2n) is 4.24. The lowest BCUT2D eigenvalue weighted by atomic mass is 9.94. The summed E-state index contributed by atoms with van der Waals surface area (Å²) >= 11 is 0. The van der Waals surface area contributed by atoms with Gasteiger partial charge in [0.05, 0.1) is 13.5 Å². The summed E-state index contributed by atoms with van der Waals surface area (Å²) in [7, 11) is 1.59. The predicted molar refractivity (Wildman–Crippen MR) is 68.1 cm³/mol. The number of hydrogen-bond donors (Lipinski definition) is 1. The molecule has 18 heavy (non-hydrogen) atoms. The molecule has 0 radical (unpaired) electrons. The molecule has 1 aromatic rings. The number of ether oxygens (including phenoxy) is 1. The molecule has 0 saturated heterocycles. The molecule has 0 saturated carbocycles. The topological polar surface area (TPSA) is 63.6 Å². The maximum Gasteiger partial charge on any atom is 0.304 e. The van der Waals surface area contributed by atoms with Crippen LogP contribution in [0.25, 0.3) is 0 Å². The van der Waals surface area contributed by atoms with Crippen molar-refractivity contribution in [3.63, 3.8) is 0 Å². The van der Waals surface area contributed by atoms with Gasteiger partial charge in [0.15, 0.2) is 5.78 Å². The molecule has 1 N–H and O–H groups in total. The van der Waals surface area contributed by atoms with Gasteiger partial charge in [0.2, 0.25) is 0 Å². The Balaban J connectivity index is 2.96. The number of hydrogen-bond acceptors (Lipinski definition) is 3. The molecule has 1 aromatic carbocycles. The lowest BCUT2D eigenvalue weighted by Gasteiger charge is -2.11. The molecule has 0 aliphatic rings. The highest BCUT2D eigenvalue weighted by Gasteiger charge is 2.19. The quantitative estimate of drug-likeness (QED) is 0.788. The highest BCUT2D eigenvalue weighted by Crippen LogP contribution is 2.22. The number of carboxylic acid groups (broad SMARTS) is 1. The van der Waals surface area contributed by atoms with E-state index in [1.165, 1.54) is 0 Å². The lowest BCUT2D eigenvalue weighted by Crippen LogP contribution is -2.15. The molecule has 0 bridgehead atoms. The van der Waals surface area contributed by atoms with Gasteiger partial charge in [-0.2, -0.15) is 0 Å². The number of benzene rings is 1. The minimum absolute atomic E-state index is 0.144. The van der Waals surface area contributed by atoms with E-state index in [9.17, 15) is 9.59 Å². The van der Waals surface area contributed by atoms with Crippen molar-refractivity contribution in [1.29, 1.82) is 0 Å². The number of Topliss-reactive ketones (excluding diaryl/α,β-unsaturated/α-hetero) is 1. The zero-order valence-corrected chi connectivity index (χ0v) is 10.9. The van der Waals surface area contributed by atoms with Crippen molar-refractivity contribution in [3.05, 3.63) is 29.3 Å². The molecule has 0 heterocycles. The molecule has 1 unspecified atom stereocenters. The predicted octanol–water partition coefficient (Wildman–Crippen LogP) is 2.55. The molecule has 0 aromatic heterocycles. The van der Waals surface area contributed by atoms with E-state index in [0.29, 0.717) is 5.56 Å². The van der Waals surface area contributed by atoms with Crippen molar-refractivity contribution < 1.29 is 19.4 Å². The molecule has 1 atom stereocenters. The van der Waals surface area contributed by atoms with Crippen molar-refractivity contribution >= 4 is 11.8 Å². The van der Waals surface area contributed by atoms with Crippen LogP contribution in [0.3, 0.4) is 0 Å².